The van der Waals surface area contributed by atoms with Crippen LogP contribution in [-0.4, -0.2) is 28.8 Å². The molecule has 0 radical (unpaired) electrons. The fraction of sp³-hybridized carbons (Fsp3) is 0.667. The van der Waals surface area contributed by atoms with E-state index in [4.69, 9.17) is 5.11 Å². The largest absolute Gasteiger partial charge is 0.481 e. The Morgan fingerprint density at radius 2 is 2.14 bits per heavy atom. The molecule has 1 fully saturated rings. The van der Waals surface area contributed by atoms with Gasteiger partial charge in [-0.2, -0.15) is 0 Å². The highest BCUT2D eigenvalue weighted by molar-refractivity contribution is 5.96. The molecule has 5 nitrogen and oxygen atoms in total. The average molecular weight is 199 g/mol. The van der Waals surface area contributed by atoms with E-state index in [-0.39, 0.29) is 30.1 Å². The number of rotatable bonds is 5. The zero-order valence-corrected chi connectivity index (χ0v) is 7.95. The number of hydrogen-bond donors (Lipinski definition) is 2. The zero-order chi connectivity index (χ0) is 10.7. The van der Waals surface area contributed by atoms with E-state index in [0.29, 0.717) is 6.42 Å². The molecule has 14 heavy (non-hydrogen) atoms. The fourth-order valence-electron chi connectivity index (χ4n) is 1.63. The molecule has 0 aromatic rings. The highest BCUT2D eigenvalue weighted by atomic mass is 16.4. The third-order valence-corrected chi connectivity index (χ3v) is 2.39. The molecule has 1 aliphatic heterocycles. The van der Waals surface area contributed by atoms with Gasteiger partial charge in [0.2, 0.25) is 5.91 Å². The smallest absolute Gasteiger partial charge is 0.310 e. The summed E-state index contributed by atoms with van der Waals surface area (Å²) < 4.78 is 0. The Morgan fingerprint density at radius 1 is 1.50 bits per heavy atom. The van der Waals surface area contributed by atoms with Crippen molar-refractivity contribution >= 4 is 17.7 Å². The summed E-state index contributed by atoms with van der Waals surface area (Å²) >= 11 is 0. The van der Waals surface area contributed by atoms with Gasteiger partial charge in [0.05, 0.1) is 5.92 Å². The van der Waals surface area contributed by atoms with Gasteiger partial charge in [-0.05, 0) is 6.42 Å². The Bertz CT molecular complexity index is 274. The molecule has 1 saturated heterocycles. The molecule has 0 aromatic carbocycles. The summed E-state index contributed by atoms with van der Waals surface area (Å²) in [5.74, 6) is -1.61. The standard InChI is InChI=1S/C9H13NO4/c1-2-6-7(10-9(6)14)3-5(11)4-8(12)13/h6-7H,2-4H2,1H3,(H,10,14)(H,12,13)/t6-,7-/m1/s1. The summed E-state index contributed by atoms with van der Waals surface area (Å²) in [4.78, 5) is 32.2. The lowest BCUT2D eigenvalue weighted by atomic mass is 9.84. The van der Waals surface area contributed by atoms with E-state index in [9.17, 15) is 14.4 Å². The molecule has 1 rings (SSSR count). The summed E-state index contributed by atoms with van der Waals surface area (Å²) in [5, 5.41) is 10.9. The molecule has 0 aliphatic carbocycles. The van der Waals surface area contributed by atoms with Crippen LogP contribution in [0.4, 0.5) is 0 Å². The number of nitrogens with one attached hydrogen (secondary N) is 1. The van der Waals surface area contributed by atoms with E-state index in [1.54, 1.807) is 0 Å². The van der Waals surface area contributed by atoms with Crippen molar-refractivity contribution in [1.82, 2.24) is 5.32 Å². The Kier molecular flexibility index (Phi) is 3.22. The number of carboxylic acid groups (broad SMARTS) is 1. The Hall–Kier alpha value is -1.39. The first-order valence-electron chi connectivity index (χ1n) is 4.58. The minimum absolute atomic E-state index is 0.0411. The number of carboxylic acids is 1. The first-order chi connectivity index (χ1) is 6.54. The van der Waals surface area contributed by atoms with Crippen LogP contribution in [-0.2, 0) is 14.4 Å². The fourth-order valence-corrected chi connectivity index (χ4v) is 1.63. The molecule has 0 saturated carbocycles. The highest BCUT2D eigenvalue weighted by Crippen LogP contribution is 2.21. The highest BCUT2D eigenvalue weighted by Gasteiger charge is 2.38. The maximum absolute atomic E-state index is 11.1. The Balaban J connectivity index is 2.35. The molecule has 5 heteroatoms. The van der Waals surface area contributed by atoms with Crippen molar-refractivity contribution in [2.45, 2.75) is 32.2 Å². The first-order valence-corrected chi connectivity index (χ1v) is 4.58. The van der Waals surface area contributed by atoms with Gasteiger partial charge in [-0.15, -0.1) is 0 Å². The minimum atomic E-state index is -1.12. The van der Waals surface area contributed by atoms with Gasteiger partial charge < -0.3 is 10.4 Å². The van der Waals surface area contributed by atoms with E-state index >= 15 is 0 Å². The van der Waals surface area contributed by atoms with Crippen LogP contribution < -0.4 is 5.32 Å². The summed E-state index contributed by atoms with van der Waals surface area (Å²) in [6.07, 6.45) is 0.371. The van der Waals surface area contributed by atoms with Gasteiger partial charge in [0.1, 0.15) is 12.2 Å². The molecule has 1 amide bonds. The second-order valence-electron chi connectivity index (χ2n) is 3.44. The number of aliphatic carboxylic acids is 1. The molecular formula is C9H13NO4. The van der Waals surface area contributed by atoms with Crippen LogP contribution in [0.2, 0.25) is 0 Å². The third kappa shape index (κ3) is 2.31. The van der Waals surface area contributed by atoms with Gasteiger partial charge >= 0.3 is 5.97 Å². The summed E-state index contributed by atoms with van der Waals surface area (Å²) in [6, 6.07) is -0.153. The minimum Gasteiger partial charge on any atom is -0.481 e. The van der Waals surface area contributed by atoms with Gasteiger partial charge in [-0.25, -0.2) is 0 Å². The molecule has 0 spiro atoms. The second-order valence-corrected chi connectivity index (χ2v) is 3.44. The molecule has 1 heterocycles. The van der Waals surface area contributed by atoms with E-state index in [1.165, 1.54) is 0 Å². The normalized spacial score (nSPS) is 25.1. The molecular weight excluding hydrogens is 186 g/mol. The van der Waals surface area contributed by atoms with Crippen LogP contribution in [0.15, 0.2) is 0 Å². The average Bonchev–Trinajstić information content (AvgIpc) is 2.02. The van der Waals surface area contributed by atoms with Crippen molar-refractivity contribution in [3.63, 3.8) is 0 Å². The van der Waals surface area contributed by atoms with Gasteiger partial charge in [0, 0.05) is 12.5 Å². The Morgan fingerprint density at radius 3 is 2.57 bits per heavy atom. The molecule has 0 bridgehead atoms. The van der Waals surface area contributed by atoms with Crippen molar-refractivity contribution in [3.8, 4) is 0 Å². The number of carbonyl (C=O) groups is 3. The lowest BCUT2D eigenvalue weighted by Gasteiger charge is -2.35. The summed E-state index contributed by atoms with van der Waals surface area (Å²) in [5.41, 5.74) is 0. The summed E-state index contributed by atoms with van der Waals surface area (Å²) in [6.45, 7) is 1.87. The number of β-lactam (4-membered cyclic amide) rings is 1. The van der Waals surface area contributed by atoms with E-state index in [2.05, 4.69) is 5.32 Å². The lowest BCUT2D eigenvalue weighted by Crippen LogP contribution is -2.58. The maximum Gasteiger partial charge on any atom is 0.310 e. The number of hydrogen-bond acceptors (Lipinski definition) is 3. The van der Waals surface area contributed by atoms with E-state index in [0.717, 1.165) is 0 Å². The van der Waals surface area contributed by atoms with Gasteiger partial charge in [0.15, 0.2) is 0 Å². The number of Topliss-reactive ketones (excluding diaryl/α,β-unsaturated/α-hetero) is 1. The van der Waals surface area contributed by atoms with Crippen molar-refractivity contribution in [3.05, 3.63) is 0 Å². The first kappa shape index (κ1) is 10.7. The molecule has 1 aliphatic rings. The van der Waals surface area contributed by atoms with Crippen LogP contribution in [0.5, 0.6) is 0 Å². The topological polar surface area (TPSA) is 83.5 Å². The zero-order valence-electron chi connectivity index (χ0n) is 7.95. The van der Waals surface area contributed by atoms with Gasteiger partial charge in [-0.1, -0.05) is 6.92 Å². The molecule has 0 unspecified atom stereocenters. The number of carbonyl (C=O) groups excluding carboxylic acids is 2. The van der Waals surface area contributed by atoms with Gasteiger partial charge in [0.25, 0.3) is 0 Å². The number of ketones is 1. The molecule has 78 valence electrons. The van der Waals surface area contributed by atoms with Crippen molar-refractivity contribution < 1.29 is 19.5 Å². The van der Waals surface area contributed by atoms with Crippen LogP contribution in [0.3, 0.4) is 0 Å². The van der Waals surface area contributed by atoms with Gasteiger partial charge in [-0.3, -0.25) is 14.4 Å². The van der Waals surface area contributed by atoms with Crippen molar-refractivity contribution in [1.29, 1.82) is 0 Å². The number of amides is 1. The van der Waals surface area contributed by atoms with Crippen molar-refractivity contribution in [2.75, 3.05) is 0 Å². The molecule has 0 aromatic heterocycles. The monoisotopic (exact) mass is 199 g/mol. The summed E-state index contributed by atoms with van der Waals surface area (Å²) in [7, 11) is 0. The van der Waals surface area contributed by atoms with E-state index in [1.807, 2.05) is 6.92 Å². The third-order valence-electron chi connectivity index (χ3n) is 2.39. The van der Waals surface area contributed by atoms with Crippen LogP contribution in [0, 0.1) is 5.92 Å². The molecule has 2 N–H and O–H groups in total. The van der Waals surface area contributed by atoms with E-state index < -0.39 is 12.4 Å². The predicted molar refractivity (Wildman–Crippen MR) is 47.6 cm³/mol. The predicted octanol–water partition coefficient (Wildman–Crippen LogP) is -0.0551. The maximum atomic E-state index is 11.1. The van der Waals surface area contributed by atoms with Crippen LogP contribution in [0.1, 0.15) is 26.2 Å². The SMILES string of the molecule is CC[C@H]1C(=O)N[C@@H]1CC(=O)CC(=O)O. The quantitative estimate of drug-likeness (QED) is 0.480. The van der Waals surface area contributed by atoms with Crippen molar-refractivity contribution in [2.24, 2.45) is 5.92 Å². The van der Waals surface area contributed by atoms with Crippen LogP contribution >= 0.6 is 0 Å². The Labute approximate surface area is 81.5 Å². The van der Waals surface area contributed by atoms with Crippen LogP contribution in [0.25, 0.3) is 0 Å². The lowest BCUT2D eigenvalue weighted by molar-refractivity contribution is -0.141. The second kappa shape index (κ2) is 4.21. The molecule has 2 atom stereocenters.